The van der Waals surface area contributed by atoms with Crippen molar-refractivity contribution in [3.8, 4) is 0 Å². The summed E-state index contributed by atoms with van der Waals surface area (Å²) < 4.78 is 11.3. The fourth-order valence-electron chi connectivity index (χ4n) is 2.65. The quantitative estimate of drug-likeness (QED) is 0.930. The van der Waals surface area contributed by atoms with Gasteiger partial charge in [0.05, 0.1) is 19.8 Å². The Bertz CT molecular complexity index is 493. The van der Waals surface area contributed by atoms with Crippen molar-refractivity contribution in [3.05, 3.63) is 71.8 Å². The largest absolute Gasteiger partial charge is 0.378 e. The Labute approximate surface area is 118 Å². The molecule has 0 radical (unpaired) electrons. The molecule has 3 rings (SSSR count). The minimum absolute atomic E-state index is 0.389. The molecule has 0 aromatic heterocycles. The van der Waals surface area contributed by atoms with Crippen molar-refractivity contribution in [2.75, 3.05) is 19.8 Å². The average Bonchev–Trinajstić information content (AvgIpc) is 2.56. The van der Waals surface area contributed by atoms with Gasteiger partial charge in [-0.15, -0.1) is 0 Å². The first-order chi connectivity index (χ1) is 9.82. The summed E-state index contributed by atoms with van der Waals surface area (Å²) in [6.45, 7) is 1.48. The fraction of sp³-hybridized carbons (Fsp3) is 0.294. The third kappa shape index (κ3) is 2.36. The van der Waals surface area contributed by atoms with Gasteiger partial charge in [-0.2, -0.15) is 0 Å². The van der Waals surface area contributed by atoms with E-state index in [0.29, 0.717) is 19.8 Å². The van der Waals surface area contributed by atoms with Crippen molar-refractivity contribution in [2.24, 2.45) is 0 Å². The summed E-state index contributed by atoms with van der Waals surface area (Å²) in [5.74, 6) is 0. The Kier molecular flexibility index (Phi) is 3.83. The van der Waals surface area contributed by atoms with Gasteiger partial charge in [0.2, 0.25) is 0 Å². The minimum Gasteiger partial charge on any atom is -0.378 e. The molecular formula is C17H18O3. The van der Waals surface area contributed by atoms with Crippen LogP contribution in [0.4, 0.5) is 0 Å². The average molecular weight is 270 g/mol. The summed E-state index contributed by atoms with van der Waals surface area (Å²) in [5.41, 5.74) is 0.451. The van der Waals surface area contributed by atoms with Gasteiger partial charge in [-0.1, -0.05) is 60.7 Å². The Morgan fingerprint density at radius 2 is 1.40 bits per heavy atom. The Morgan fingerprint density at radius 3 is 1.85 bits per heavy atom. The van der Waals surface area contributed by atoms with Gasteiger partial charge in [0.15, 0.2) is 0 Å². The monoisotopic (exact) mass is 270 g/mol. The van der Waals surface area contributed by atoms with Gasteiger partial charge in [0, 0.05) is 0 Å². The van der Waals surface area contributed by atoms with E-state index in [1.54, 1.807) is 0 Å². The van der Waals surface area contributed by atoms with Crippen LogP contribution < -0.4 is 0 Å². The third-order valence-electron chi connectivity index (χ3n) is 3.71. The second-order valence-electron chi connectivity index (χ2n) is 4.93. The lowest BCUT2D eigenvalue weighted by Gasteiger charge is -2.38. The highest BCUT2D eigenvalue weighted by molar-refractivity contribution is 5.37. The van der Waals surface area contributed by atoms with Gasteiger partial charge in [-0.25, -0.2) is 0 Å². The molecule has 0 aliphatic carbocycles. The fourth-order valence-corrected chi connectivity index (χ4v) is 2.65. The van der Waals surface area contributed by atoms with E-state index >= 15 is 0 Å². The van der Waals surface area contributed by atoms with E-state index in [1.165, 1.54) is 0 Å². The van der Waals surface area contributed by atoms with Gasteiger partial charge in [0.1, 0.15) is 11.7 Å². The van der Waals surface area contributed by atoms with Crippen LogP contribution in [0.1, 0.15) is 11.1 Å². The number of aliphatic hydroxyl groups is 1. The summed E-state index contributed by atoms with van der Waals surface area (Å²) in [5, 5.41) is 11.4. The maximum atomic E-state index is 11.4. The van der Waals surface area contributed by atoms with E-state index in [0.717, 1.165) is 11.1 Å². The highest BCUT2D eigenvalue weighted by atomic mass is 16.6. The maximum absolute atomic E-state index is 11.4. The predicted octanol–water partition coefficient (Wildman–Crippen LogP) is 2.34. The molecule has 3 heteroatoms. The molecule has 0 bridgehead atoms. The molecule has 0 amide bonds. The maximum Gasteiger partial charge on any atom is 0.143 e. The molecule has 1 atom stereocenters. The Balaban J connectivity index is 2.07. The Morgan fingerprint density at radius 1 is 0.850 bits per heavy atom. The van der Waals surface area contributed by atoms with E-state index < -0.39 is 11.7 Å². The summed E-state index contributed by atoms with van der Waals surface area (Å²) in [7, 11) is 0. The van der Waals surface area contributed by atoms with Gasteiger partial charge in [-0.05, 0) is 11.1 Å². The molecule has 1 saturated heterocycles. The first kappa shape index (κ1) is 13.3. The van der Waals surface area contributed by atoms with Crippen LogP contribution >= 0.6 is 0 Å². The van der Waals surface area contributed by atoms with Crippen LogP contribution in [0, 0.1) is 0 Å². The van der Waals surface area contributed by atoms with Crippen molar-refractivity contribution in [2.45, 2.75) is 11.7 Å². The second kappa shape index (κ2) is 5.75. The lowest BCUT2D eigenvalue weighted by Crippen LogP contribution is -2.48. The highest BCUT2D eigenvalue weighted by Gasteiger charge is 2.42. The van der Waals surface area contributed by atoms with Gasteiger partial charge in [0.25, 0.3) is 0 Å². The SMILES string of the molecule is OC(c1ccccc1)(c1ccccc1)[C@@H]1COCCO1. The minimum atomic E-state index is -1.19. The first-order valence-corrected chi connectivity index (χ1v) is 6.84. The predicted molar refractivity (Wildman–Crippen MR) is 76.4 cm³/mol. The number of rotatable bonds is 3. The van der Waals surface area contributed by atoms with E-state index in [4.69, 9.17) is 9.47 Å². The van der Waals surface area contributed by atoms with Gasteiger partial charge >= 0.3 is 0 Å². The molecule has 2 aromatic rings. The van der Waals surface area contributed by atoms with Crippen molar-refractivity contribution >= 4 is 0 Å². The van der Waals surface area contributed by atoms with Crippen LogP contribution in [0.15, 0.2) is 60.7 Å². The van der Waals surface area contributed by atoms with E-state index in [9.17, 15) is 5.11 Å². The molecule has 0 saturated carbocycles. The van der Waals surface area contributed by atoms with Crippen LogP contribution in [0.2, 0.25) is 0 Å². The molecule has 1 aliphatic heterocycles. The molecule has 1 heterocycles. The highest BCUT2D eigenvalue weighted by Crippen LogP contribution is 2.35. The lowest BCUT2D eigenvalue weighted by molar-refractivity contribution is -0.164. The van der Waals surface area contributed by atoms with Crippen molar-refractivity contribution in [3.63, 3.8) is 0 Å². The van der Waals surface area contributed by atoms with Gasteiger partial charge in [-0.3, -0.25) is 0 Å². The van der Waals surface area contributed by atoms with Crippen molar-refractivity contribution < 1.29 is 14.6 Å². The van der Waals surface area contributed by atoms with Crippen LogP contribution in [-0.2, 0) is 15.1 Å². The molecule has 2 aromatic carbocycles. The summed E-state index contributed by atoms with van der Waals surface area (Å²) in [4.78, 5) is 0. The molecule has 1 N–H and O–H groups in total. The third-order valence-corrected chi connectivity index (χ3v) is 3.71. The van der Waals surface area contributed by atoms with Crippen molar-refractivity contribution in [1.82, 2.24) is 0 Å². The topological polar surface area (TPSA) is 38.7 Å². The number of ether oxygens (including phenoxy) is 2. The molecule has 3 nitrogen and oxygen atoms in total. The van der Waals surface area contributed by atoms with Gasteiger partial charge < -0.3 is 14.6 Å². The molecule has 0 unspecified atom stereocenters. The molecule has 1 aliphatic rings. The summed E-state index contributed by atoms with van der Waals surface area (Å²) in [6.07, 6.45) is -0.402. The summed E-state index contributed by atoms with van der Waals surface area (Å²) in [6, 6.07) is 19.3. The van der Waals surface area contributed by atoms with Crippen LogP contribution in [-0.4, -0.2) is 31.0 Å². The molecule has 20 heavy (non-hydrogen) atoms. The Hall–Kier alpha value is -1.68. The zero-order valence-electron chi connectivity index (χ0n) is 11.2. The second-order valence-corrected chi connectivity index (χ2v) is 4.93. The van der Waals surface area contributed by atoms with E-state index in [2.05, 4.69) is 0 Å². The van der Waals surface area contributed by atoms with Crippen LogP contribution in [0.3, 0.4) is 0 Å². The zero-order valence-corrected chi connectivity index (χ0v) is 11.2. The molecule has 1 fully saturated rings. The lowest BCUT2D eigenvalue weighted by atomic mass is 9.81. The van der Waals surface area contributed by atoms with Crippen LogP contribution in [0.25, 0.3) is 0 Å². The van der Waals surface area contributed by atoms with E-state index in [-0.39, 0.29) is 0 Å². The molecular weight excluding hydrogens is 252 g/mol. The van der Waals surface area contributed by atoms with Crippen LogP contribution in [0.5, 0.6) is 0 Å². The molecule has 0 spiro atoms. The number of hydrogen-bond acceptors (Lipinski definition) is 3. The number of hydrogen-bond donors (Lipinski definition) is 1. The normalized spacial score (nSPS) is 19.8. The molecule has 104 valence electrons. The summed E-state index contributed by atoms with van der Waals surface area (Å²) >= 11 is 0. The zero-order chi connectivity index (χ0) is 13.8. The van der Waals surface area contributed by atoms with E-state index in [1.807, 2.05) is 60.7 Å². The number of benzene rings is 2. The first-order valence-electron chi connectivity index (χ1n) is 6.84. The smallest absolute Gasteiger partial charge is 0.143 e. The standard InChI is InChI=1S/C17H18O3/c18-17(14-7-3-1-4-8-14,15-9-5-2-6-10-15)16-13-19-11-12-20-16/h1-10,16,18H,11-13H2/t16-/m0/s1. The van der Waals surface area contributed by atoms with Crippen molar-refractivity contribution in [1.29, 1.82) is 0 Å².